The van der Waals surface area contributed by atoms with Crippen LogP contribution in [0, 0.1) is 11.7 Å². The van der Waals surface area contributed by atoms with Crippen LogP contribution >= 0.6 is 11.8 Å². The molecular weight excluding hydrogens is 287 g/mol. The summed E-state index contributed by atoms with van der Waals surface area (Å²) in [5, 5.41) is 3.49. The van der Waals surface area contributed by atoms with Gasteiger partial charge in [-0.25, -0.2) is 4.39 Å². The highest BCUT2D eigenvalue weighted by atomic mass is 32.2. The number of pyridine rings is 1. The summed E-state index contributed by atoms with van der Waals surface area (Å²) < 4.78 is 20.2. The van der Waals surface area contributed by atoms with Crippen molar-refractivity contribution in [1.82, 2.24) is 10.3 Å². The number of nitrogens with one attached hydrogen (secondary N) is 1. The van der Waals surface area contributed by atoms with Gasteiger partial charge in [-0.15, -0.1) is 0 Å². The summed E-state index contributed by atoms with van der Waals surface area (Å²) in [6.45, 7) is 3.71. The zero-order valence-corrected chi connectivity index (χ0v) is 13.3. The molecule has 3 rings (SSSR count). The summed E-state index contributed by atoms with van der Waals surface area (Å²) in [5.74, 6) is 2.49. The minimum Gasteiger partial charge on any atom is -0.374 e. The fourth-order valence-electron chi connectivity index (χ4n) is 3.60. The Labute approximate surface area is 130 Å². The van der Waals surface area contributed by atoms with E-state index in [-0.39, 0.29) is 17.5 Å². The highest BCUT2D eigenvalue weighted by Crippen LogP contribution is 2.44. The van der Waals surface area contributed by atoms with E-state index in [0.717, 1.165) is 43.7 Å². The first-order valence-electron chi connectivity index (χ1n) is 7.78. The number of rotatable bonds is 4. The molecule has 2 saturated heterocycles. The van der Waals surface area contributed by atoms with E-state index >= 15 is 0 Å². The van der Waals surface area contributed by atoms with Gasteiger partial charge in [-0.3, -0.25) is 4.98 Å². The third-order valence-corrected chi connectivity index (χ3v) is 5.86. The average Bonchev–Trinajstić information content (AvgIpc) is 2.93. The largest absolute Gasteiger partial charge is 0.374 e. The third kappa shape index (κ3) is 3.25. The molecule has 116 valence electrons. The highest BCUT2D eigenvalue weighted by molar-refractivity contribution is 7.99. The molecule has 2 aliphatic heterocycles. The smallest absolute Gasteiger partial charge is 0.146 e. The van der Waals surface area contributed by atoms with Crippen LogP contribution in [0.5, 0.6) is 0 Å². The van der Waals surface area contributed by atoms with Crippen molar-refractivity contribution < 1.29 is 9.13 Å². The van der Waals surface area contributed by atoms with E-state index in [1.165, 1.54) is 11.9 Å². The van der Waals surface area contributed by atoms with E-state index < -0.39 is 0 Å². The number of nitrogens with zero attached hydrogens (tertiary/aromatic N) is 1. The van der Waals surface area contributed by atoms with Gasteiger partial charge in [-0.1, -0.05) is 6.92 Å². The van der Waals surface area contributed by atoms with Crippen molar-refractivity contribution in [3.8, 4) is 0 Å². The van der Waals surface area contributed by atoms with Gasteiger partial charge in [-0.2, -0.15) is 11.8 Å². The van der Waals surface area contributed by atoms with Crippen molar-refractivity contribution in [2.45, 2.75) is 37.8 Å². The standard InChI is InChI=1S/C16H23FN2OS/c1-2-19-15(13-3-6-18-10-14(13)17)12-4-7-20-16(9-12)5-8-21-11-16/h3,6,10,12,15,19H,2,4-5,7-9,11H2,1H3. The molecular formula is C16H23FN2OS. The molecule has 5 heteroatoms. The lowest BCUT2D eigenvalue weighted by Crippen LogP contribution is -2.44. The van der Waals surface area contributed by atoms with E-state index in [0.29, 0.717) is 5.92 Å². The molecule has 3 atom stereocenters. The molecule has 0 radical (unpaired) electrons. The van der Waals surface area contributed by atoms with E-state index in [1.807, 2.05) is 17.8 Å². The van der Waals surface area contributed by atoms with Gasteiger partial charge in [0.25, 0.3) is 0 Å². The Kier molecular flexibility index (Phi) is 4.82. The van der Waals surface area contributed by atoms with Crippen LogP contribution in [0.4, 0.5) is 4.39 Å². The first kappa shape index (κ1) is 15.3. The Morgan fingerprint density at radius 1 is 1.62 bits per heavy atom. The maximum atomic E-state index is 14.1. The van der Waals surface area contributed by atoms with Crippen LogP contribution in [0.25, 0.3) is 0 Å². The molecule has 0 bridgehead atoms. The van der Waals surface area contributed by atoms with Gasteiger partial charge in [-0.05, 0) is 43.5 Å². The lowest BCUT2D eigenvalue weighted by molar-refractivity contribution is -0.0855. The van der Waals surface area contributed by atoms with Crippen LogP contribution in [-0.2, 0) is 4.74 Å². The van der Waals surface area contributed by atoms with Crippen molar-refractivity contribution in [3.05, 3.63) is 29.8 Å². The fraction of sp³-hybridized carbons (Fsp3) is 0.688. The van der Waals surface area contributed by atoms with E-state index in [9.17, 15) is 4.39 Å². The third-order valence-electron chi connectivity index (χ3n) is 4.63. The predicted octanol–water partition coefficient (Wildman–Crippen LogP) is 3.17. The maximum Gasteiger partial charge on any atom is 0.146 e. The molecule has 21 heavy (non-hydrogen) atoms. The number of aromatic nitrogens is 1. The minimum atomic E-state index is -0.204. The van der Waals surface area contributed by atoms with Crippen molar-refractivity contribution in [3.63, 3.8) is 0 Å². The van der Waals surface area contributed by atoms with Crippen molar-refractivity contribution in [2.75, 3.05) is 24.7 Å². The van der Waals surface area contributed by atoms with Crippen LogP contribution < -0.4 is 5.32 Å². The Morgan fingerprint density at radius 3 is 3.24 bits per heavy atom. The first-order valence-corrected chi connectivity index (χ1v) is 8.94. The van der Waals surface area contributed by atoms with Gasteiger partial charge in [0.1, 0.15) is 5.82 Å². The number of ether oxygens (including phenoxy) is 1. The zero-order valence-electron chi connectivity index (χ0n) is 12.5. The molecule has 1 spiro atoms. The minimum absolute atomic E-state index is 0.0325. The average molecular weight is 310 g/mol. The van der Waals surface area contributed by atoms with Crippen LogP contribution in [-0.4, -0.2) is 35.2 Å². The monoisotopic (exact) mass is 310 g/mol. The van der Waals surface area contributed by atoms with Gasteiger partial charge >= 0.3 is 0 Å². The zero-order chi connectivity index (χ0) is 14.7. The van der Waals surface area contributed by atoms with Crippen LogP contribution in [0.15, 0.2) is 18.5 Å². The highest BCUT2D eigenvalue weighted by Gasteiger charge is 2.42. The van der Waals surface area contributed by atoms with Crippen molar-refractivity contribution in [2.24, 2.45) is 5.92 Å². The van der Waals surface area contributed by atoms with E-state index in [4.69, 9.17) is 4.74 Å². The molecule has 1 N–H and O–H groups in total. The van der Waals surface area contributed by atoms with Gasteiger partial charge in [0.2, 0.25) is 0 Å². The molecule has 0 amide bonds. The molecule has 1 aromatic rings. The second-order valence-corrected chi connectivity index (χ2v) is 7.12. The fourth-order valence-corrected chi connectivity index (χ4v) is 4.98. The van der Waals surface area contributed by atoms with Gasteiger partial charge in [0, 0.05) is 30.2 Å². The van der Waals surface area contributed by atoms with E-state index in [2.05, 4.69) is 17.2 Å². The van der Waals surface area contributed by atoms with Crippen LogP contribution in [0.1, 0.15) is 37.8 Å². The summed E-state index contributed by atoms with van der Waals surface area (Å²) in [4.78, 5) is 3.87. The van der Waals surface area contributed by atoms with Crippen molar-refractivity contribution in [1.29, 1.82) is 0 Å². The van der Waals surface area contributed by atoms with Gasteiger partial charge in [0.05, 0.1) is 11.8 Å². The molecule has 3 heterocycles. The molecule has 1 aromatic heterocycles. The maximum absolute atomic E-state index is 14.1. The summed E-state index contributed by atoms with van der Waals surface area (Å²) >= 11 is 1.98. The lowest BCUT2D eigenvalue weighted by Gasteiger charge is -2.41. The predicted molar refractivity (Wildman–Crippen MR) is 84.0 cm³/mol. The summed E-state index contributed by atoms with van der Waals surface area (Å²) in [6, 6.07) is 1.87. The summed E-state index contributed by atoms with van der Waals surface area (Å²) in [5.41, 5.74) is 0.782. The molecule has 0 aliphatic carbocycles. The Hall–Kier alpha value is -0.650. The van der Waals surface area contributed by atoms with Crippen LogP contribution in [0.3, 0.4) is 0 Å². The van der Waals surface area contributed by atoms with Crippen LogP contribution in [0.2, 0.25) is 0 Å². The number of halogens is 1. The molecule has 0 aromatic carbocycles. The Balaban J connectivity index is 1.82. The summed E-state index contributed by atoms with van der Waals surface area (Å²) in [7, 11) is 0. The number of hydrogen-bond acceptors (Lipinski definition) is 4. The SMILES string of the molecule is CCNC(c1ccncc1F)C1CCOC2(CCSC2)C1. The lowest BCUT2D eigenvalue weighted by atomic mass is 9.79. The molecule has 2 aliphatic rings. The summed E-state index contributed by atoms with van der Waals surface area (Å²) in [6.07, 6.45) is 6.15. The van der Waals surface area contributed by atoms with Crippen molar-refractivity contribution >= 4 is 11.8 Å². The van der Waals surface area contributed by atoms with E-state index in [1.54, 1.807) is 6.20 Å². The molecule has 2 fully saturated rings. The topological polar surface area (TPSA) is 34.2 Å². The first-order chi connectivity index (χ1) is 10.2. The second kappa shape index (κ2) is 6.63. The number of hydrogen-bond donors (Lipinski definition) is 1. The normalized spacial score (nSPS) is 30.7. The second-order valence-electron chi connectivity index (χ2n) is 6.02. The Morgan fingerprint density at radius 2 is 2.52 bits per heavy atom. The number of thioether (sulfide) groups is 1. The Bertz CT molecular complexity index is 479. The van der Waals surface area contributed by atoms with Gasteiger partial charge < -0.3 is 10.1 Å². The quantitative estimate of drug-likeness (QED) is 0.926. The molecule has 3 unspecified atom stereocenters. The molecule has 0 saturated carbocycles. The molecule has 3 nitrogen and oxygen atoms in total. The van der Waals surface area contributed by atoms with Gasteiger partial charge in [0.15, 0.2) is 0 Å².